The Bertz CT molecular complexity index is 1070. The Kier molecular flexibility index (Phi) is 21.4. The van der Waals surface area contributed by atoms with Crippen LogP contribution in [0.2, 0.25) is 0 Å². The van der Waals surface area contributed by atoms with E-state index < -0.39 is 35.8 Å². The van der Waals surface area contributed by atoms with Crippen molar-refractivity contribution in [1.82, 2.24) is 0 Å². The predicted octanol–water partition coefficient (Wildman–Crippen LogP) is -9.74. The zero-order valence-corrected chi connectivity index (χ0v) is 26.9. The molecule has 0 saturated carbocycles. The van der Waals surface area contributed by atoms with Crippen molar-refractivity contribution < 1.29 is 148 Å². The van der Waals surface area contributed by atoms with E-state index in [0.717, 1.165) is 0 Å². The molecular formula is C24H15Na3O12. The van der Waals surface area contributed by atoms with Crippen LogP contribution in [-0.2, 0) is 0 Å². The van der Waals surface area contributed by atoms with Gasteiger partial charge in [0.25, 0.3) is 0 Å². The minimum atomic E-state index is -1.48. The number of hydrogen-bond acceptors (Lipinski definition) is 9. The van der Waals surface area contributed by atoms with E-state index in [-0.39, 0.29) is 122 Å². The van der Waals surface area contributed by atoms with E-state index >= 15 is 0 Å². The summed E-state index contributed by atoms with van der Waals surface area (Å²) >= 11 is 0. The molecule has 0 aliphatic heterocycles. The zero-order valence-electron chi connectivity index (χ0n) is 20.9. The third-order valence-electron chi connectivity index (χ3n) is 4.13. The minimum Gasteiger partial charge on any atom is -0.545 e. The molecule has 0 aromatic heterocycles. The van der Waals surface area contributed by atoms with Crippen LogP contribution in [0.1, 0.15) is 62.1 Å². The maximum absolute atomic E-state index is 10.4. The van der Waals surface area contributed by atoms with Gasteiger partial charge >= 0.3 is 107 Å². The summed E-state index contributed by atoms with van der Waals surface area (Å²) in [5, 5.41) is 56.6. The maximum Gasteiger partial charge on any atom is 1.00 e. The largest absolute Gasteiger partial charge is 1.00 e. The SMILES string of the molecule is O=C([O-])c1ccccc1C(=O)O.O=C([O-])c1ccccc1C(=O)O.O=C([O-])c1ccccc1C(=O)O.[Na+].[Na+].[Na+]. The first-order valence-corrected chi connectivity index (χ1v) is 9.49. The molecule has 0 unspecified atom stereocenters. The van der Waals surface area contributed by atoms with Gasteiger partial charge in [-0.25, -0.2) is 14.4 Å². The molecular weight excluding hydrogens is 549 g/mol. The van der Waals surface area contributed by atoms with Crippen LogP contribution >= 0.6 is 0 Å². The number of benzene rings is 3. The van der Waals surface area contributed by atoms with Crippen molar-refractivity contribution in [3.05, 3.63) is 106 Å². The molecule has 0 aliphatic rings. The number of rotatable bonds is 6. The second kappa shape index (κ2) is 20.4. The molecule has 186 valence electrons. The number of carbonyl (C=O) groups is 6. The number of hydrogen-bond donors (Lipinski definition) is 3. The number of aromatic carboxylic acids is 6. The zero-order chi connectivity index (χ0) is 27.4. The summed E-state index contributed by atoms with van der Waals surface area (Å²) in [6.45, 7) is 0. The monoisotopic (exact) mass is 564 g/mol. The number of carbonyl (C=O) groups excluding carboxylic acids is 3. The van der Waals surface area contributed by atoms with Gasteiger partial charge in [0.05, 0.1) is 34.6 Å². The normalized spacial score (nSPS) is 8.62. The summed E-state index contributed by atoms with van der Waals surface area (Å²) in [5.41, 5.74) is -1.66. The van der Waals surface area contributed by atoms with Gasteiger partial charge in [-0.15, -0.1) is 0 Å². The molecule has 15 heteroatoms. The average Bonchev–Trinajstić information content (AvgIpc) is 2.84. The van der Waals surface area contributed by atoms with Gasteiger partial charge in [-0.05, 0) is 18.2 Å². The van der Waals surface area contributed by atoms with Crippen molar-refractivity contribution >= 4 is 35.8 Å². The molecule has 39 heavy (non-hydrogen) atoms. The molecule has 0 amide bonds. The van der Waals surface area contributed by atoms with Gasteiger partial charge in [-0.3, -0.25) is 0 Å². The van der Waals surface area contributed by atoms with E-state index in [1.165, 1.54) is 72.8 Å². The molecule has 12 nitrogen and oxygen atoms in total. The van der Waals surface area contributed by atoms with Gasteiger partial charge in [0.2, 0.25) is 0 Å². The third kappa shape index (κ3) is 13.4. The fraction of sp³-hybridized carbons (Fsp3) is 0. The van der Waals surface area contributed by atoms with Crippen LogP contribution in [0.5, 0.6) is 0 Å². The maximum atomic E-state index is 10.4. The van der Waals surface area contributed by atoms with Crippen molar-refractivity contribution in [2.45, 2.75) is 0 Å². The Morgan fingerprint density at radius 2 is 0.538 bits per heavy atom. The fourth-order valence-electron chi connectivity index (χ4n) is 2.54. The Balaban J connectivity index is -0.000000480. The van der Waals surface area contributed by atoms with E-state index in [1.807, 2.05) is 0 Å². The van der Waals surface area contributed by atoms with Gasteiger partial charge in [0, 0.05) is 16.7 Å². The molecule has 0 saturated heterocycles. The molecule has 0 aliphatic carbocycles. The summed E-state index contributed by atoms with van der Waals surface area (Å²) in [4.78, 5) is 62.4. The van der Waals surface area contributed by atoms with Crippen LogP contribution in [-0.4, -0.2) is 51.1 Å². The van der Waals surface area contributed by atoms with Crippen LogP contribution in [0.15, 0.2) is 72.8 Å². The average molecular weight is 564 g/mol. The Labute approximate surface area is 287 Å². The van der Waals surface area contributed by atoms with Gasteiger partial charge in [-0.1, -0.05) is 54.6 Å². The van der Waals surface area contributed by atoms with E-state index in [9.17, 15) is 44.1 Å². The second-order valence-electron chi connectivity index (χ2n) is 6.41. The van der Waals surface area contributed by atoms with Gasteiger partial charge in [0.15, 0.2) is 0 Å². The molecule has 0 atom stereocenters. The van der Waals surface area contributed by atoms with Crippen LogP contribution in [0.3, 0.4) is 0 Å². The number of carboxylic acid groups (broad SMARTS) is 6. The predicted molar refractivity (Wildman–Crippen MR) is 113 cm³/mol. The summed E-state index contributed by atoms with van der Waals surface area (Å²) in [6.07, 6.45) is 0. The van der Waals surface area contributed by atoms with Crippen LogP contribution in [0.4, 0.5) is 0 Å². The molecule has 0 fully saturated rings. The van der Waals surface area contributed by atoms with Crippen LogP contribution in [0.25, 0.3) is 0 Å². The standard InChI is InChI=1S/3C8H6O4.3Na/c3*9-7(10)5-3-1-2-4-6(5)8(11)12;;;/h3*1-4H,(H,9,10)(H,11,12);;;/q;;;3*+1/p-3. The van der Waals surface area contributed by atoms with Gasteiger partial charge < -0.3 is 45.0 Å². The topological polar surface area (TPSA) is 232 Å². The first-order valence-electron chi connectivity index (χ1n) is 9.49. The fourth-order valence-corrected chi connectivity index (χ4v) is 2.54. The van der Waals surface area contributed by atoms with E-state index in [1.54, 1.807) is 0 Å². The Morgan fingerprint density at radius 1 is 0.385 bits per heavy atom. The van der Waals surface area contributed by atoms with Crippen molar-refractivity contribution in [3.8, 4) is 0 Å². The third-order valence-corrected chi connectivity index (χ3v) is 4.13. The molecule has 0 heterocycles. The van der Waals surface area contributed by atoms with Gasteiger partial charge in [-0.2, -0.15) is 0 Å². The quantitative estimate of drug-likeness (QED) is 0.237. The van der Waals surface area contributed by atoms with Crippen molar-refractivity contribution in [2.24, 2.45) is 0 Å². The Morgan fingerprint density at radius 3 is 0.641 bits per heavy atom. The first-order chi connectivity index (χ1) is 16.9. The smallest absolute Gasteiger partial charge is 0.545 e. The van der Waals surface area contributed by atoms with E-state index in [4.69, 9.17) is 15.3 Å². The molecule has 3 rings (SSSR count). The summed E-state index contributed by atoms with van der Waals surface area (Å²) in [6, 6.07) is 15.9. The van der Waals surface area contributed by atoms with Crippen LogP contribution < -0.4 is 104 Å². The van der Waals surface area contributed by atoms with Crippen molar-refractivity contribution in [1.29, 1.82) is 0 Å². The summed E-state index contributed by atoms with van der Waals surface area (Å²) in [5.74, 6) is -8.24. The van der Waals surface area contributed by atoms with E-state index in [0.29, 0.717) is 0 Å². The molecule has 3 aromatic rings. The molecule has 0 radical (unpaired) electrons. The second-order valence-corrected chi connectivity index (χ2v) is 6.41. The first kappa shape index (κ1) is 41.0. The molecule has 0 spiro atoms. The van der Waals surface area contributed by atoms with Crippen molar-refractivity contribution in [2.75, 3.05) is 0 Å². The van der Waals surface area contributed by atoms with Crippen LogP contribution in [0, 0.1) is 0 Å². The van der Waals surface area contributed by atoms with Gasteiger partial charge in [0.1, 0.15) is 0 Å². The number of carboxylic acids is 6. The Hall–Kier alpha value is -2.52. The minimum absolute atomic E-state index is 0. The molecule has 0 bridgehead atoms. The van der Waals surface area contributed by atoms with E-state index in [2.05, 4.69) is 0 Å². The summed E-state index contributed by atoms with van der Waals surface area (Å²) in [7, 11) is 0. The van der Waals surface area contributed by atoms with Crippen molar-refractivity contribution in [3.63, 3.8) is 0 Å². The summed E-state index contributed by atoms with van der Waals surface area (Å²) < 4.78 is 0. The molecule has 3 N–H and O–H groups in total. The molecule has 3 aromatic carbocycles.